The van der Waals surface area contributed by atoms with Gasteiger partial charge in [-0.25, -0.2) is 4.99 Å². The number of hydrogen-bond donors (Lipinski definition) is 1. The van der Waals surface area contributed by atoms with Gasteiger partial charge in [-0.05, 0) is 37.4 Å². The maximum absolute atomic E-state index is 12.3. The summed E-state index contributed by atoms with van der Waals surface area (Å²) >= 11 is 1.43. The Hall–Kier alpha value is -2.67. The zero-order valence-electron chi connectivity index (χ0n) is 13.5. The van der Waals surface area contributed by atoms with Crippen LogP contribution in [0.1, 0.15) is 34.3 Å². The fourth-order valence-corrected chi connectivity index (χ4v) is 2.93. The molecule has 3 aromatic rings. The van der Waals surface area contributed by atoms with Gasteiger partial charge in [-0.15, -0.1) is 11.3 Å². The lowest BCUT2D eigenvalue weighted by atomic mass is 10.3. The van der Waals surface area contributed by atoms with Crippen LogP contribution in [0.4, 0.5) is 5.00 Å². The predicted molar refractivity (Wildman–Crippen MR) is 94.1 cm³/mol. The fraction of sp³-hybridized carbons (Fsp3) is 0.235. The smallest absolute Gasteiger partial charge is 0.254 e. The summed E-state index contributed by atoms with van der Waals surface area (Å²) in [5, 5.41) is 9.75. The average Bonchev–Trinajstić information content (AvgIpc) is 3.31. The first-order valence-corrected chi connectivity index (χ1v) is 8.51. The molecular weight excluding hydrogens is 324 g/mol. The van der Waals surface area contributed by atoms with Gasteiger partial charge in [0.25, 0.3) is 5.91 Å². The Labute approximate surface area is 143 Å². The van der Waals surface area contributed by atoms with E-state index in [1.165, 1.54) is 11.3 Å². The van der Waals surface area contributed by atoms with Crippen molar-refractivity contribution in [3.05, 3.63) is 58.6 Å². The van der Waals surface area contributed by atoms with E-state index in [1.807, 2.05) is 36.2 Å². The molecule has 3 heterocycles. The van der Waals surface area contributed by atoms with E-state index in [1.54, 1.807) is 24.6 Å². The summed E-state index contributed by atoms with van der Waals surface area (Å²) in [6, 6.07) is 5.39. The summed E-state index contributed by atoms with van der Waals surface area (Å²) < 4.78 is 7.08. The number of furan rings is 1. The van der Waals surface area contributed by atoms with Crippen molar-refractivity contribution in [3.63, 3.8) is 0 Å². The Morgan fingerprint density at radius 1 is 1.50 bits per heavy atom. The number of aliphatic imine (C=N–C) groups is 1. The van der Waals surface area contributed by atoms with Crippen LogP contribution in [0.15, 0.2) is 45.4 Å². The molecular formula is C17H18N4O2S. The van der Waals surface area contributed by atoms with Crippen LogP contribution in [0.2, 0.25) is 0 Å². The van der Waals surface area contributed by atoms with Gasteiger partial charge in [-0.3, -0.25) is 9.48 Å². The molecule has 124 valence electrons. The normalized spacial score (nSPS) is 11.2. The minimum Gasteiger partial charge on any atom is -0.467 e. The molecule has 1 amide bonds. The molecule has 0 bridgehead atoms. The van der Waals surface area contributed by atoms with E-state index in [2.05, 4.69) is 15.4 Å². The summed E-state index contributed by atoms with van der Waals surface area (Å²) in [7, 11) is 0. The third-order valence-corrected chi connectivity index (χ3v) is 4.34. The number of carbonyl (C=O) groups is 1. The van der Waals surface area contributed by atoms with Crippen molar-refractivity contribution in [1.29, 1.82) is 0 Å². The summed E-state index contributed by atoms with van der Waals surface area (Å²) in [4.78, 5) is 16.8. The SMILES string of the molecule is CCn1cc(C=Nc2sccc2C(=O)NCc2ccco2)c(C)n1. The standard InChI is InChI=1S/C17H18N4O2S/c1-3-21-11-13(12(2)20-21)9-19-17-15(6-8-24-17)16(22)18-10-14-5-4-7-23-14/h4-9,11H,3,10H2,1-2H3,(H,18,22). The minimum absolute atomic E-state index is 0.166. The second-order valence-corrected chi connectivity index (χ2v) is 6.08. The van der Waals surface area contributed by atoms with Crippen molar-refractivity contribution in [1.82, 2.24) is 15.1 Å². The van der Waals surface area contributed by atoms with E-state index < -0.39 is 0 Å². The third-order valence-electron chi connectivity index (χ3n) is 3.52. The molecule has 6 nitrogen and oxygen atoms in total. The van der Waals surface area contributed by atoms with Gasteiger partial charge in [0.2, 0.25) is 0 Å². The zero-order valence-corrected chi connectivity index (χ0v) is 14.3. The number of aryl methyl sites for hydroxylation is 2. The van der Waals surface area contributed by atoms with Crippen molar-refractivity contribution >= 4 is 28.5 Å². The van der Waals surface area contributed by atoms with Gasteiger partial charge < -0.3 is 9.73 Å². The van der Waals surface area contributed by atoms with Crippen LogP contribution in [0.5, 0.6) is 0 Å². The molecule has 0 fully saturated rings. The van der Waals surface area contributed by atoms with Gasteiger partial charge in [0.15, 0.2) is 0 Å². The number of nitrogens with zero attached hydrogens (tertiary/aromatic N) is 3. The van der Waals surface area contributed by atoms with Crippen LogP contribution < -0.4 is 5.32 Å². The van der Waals surface area contributed by atoms with Gasteiger partial charge >= 0.3 is 0 Å². The van der Waals surface area contributed by atoms with E-state index in [-0.39, 0.29) is 5.91 Å². The highest BCUT2D eigenvalue weighted by molar-refractivity contribution is 7.14. The van der Waals surface area contributed by atoms with Crippen molar-refractivity contribution < 1.29 is 9.21 Å². The number of rotatable bonds is 6. The Morgan fingerprint density at radius 2 is 2.38 bits per heavy atom. The highest BCUT2D eigenvalue weighted by Crippen LogP contribution is 2.26. The van der Waals surface area contributed by atoms with Crippen LogP contribution >= 0.6 is 11.3 Å². The highest BCUT2D eigenvalue weighted by atomic mass is 32.1. The molecule has 0 atom stereocenters. The van der Waals surface area contributed by atoms with Crippen LogP contribution in [0.25, 0.3) is 0 Å². The molecule has 0 aliphatic heterocycles. The maximum Gasteiger partial charge on any atom is 0.254 e. The molecule has 7 heteroatoms. The lowest BCUT2D eigenvalue weighted by Crippen LogP contribution is -2.22. The quantitative estimate of drug-likeness (QED) is 0.696. The van der Waals surface area contributed by atoms with Gasteiger partial charge in [-0.1, -0.05) is 0 Å². The summed E-state index contributed by atoms with van der Waals surface area (Å²) in [6.45, 7) is 5.15. The molecule has 0 radical (unpaired) electrons. The first-order valence-electron chi connectivity index (χ1n) is 7.63. The number of amides is 1. The highest BCUT2D eigenvalue weighted by Gasteiger charge is 2.12. The van der Waals surface area contributed by atoms with E-state index in [0.717, 1.165) is 17.8 Å². The monoisotopic (exact) mass is 342 g/mol. The molecule has 24 heavy (non-hydrogen) atoms. The van der Waals surface area contributed by atoms with Crippen molar-refractivity contribution in [3.8, 4) is 0 Å². The van der Waals surface area contributed by atoms with E-state index in [4.69, 9.17) is 4.42 Å². The Morgan fingerprint density at radius 3 is 3.08 bits per heavy atom. The van der Waals surface area contributed by atoms with Gasteiger partial charge in [0.05, 0.1) is 24.1 Å². The molecule has 0 saturated heterocycles. The fourth-order valence-electron chi connectivity index (χ4n) is 2.20. The van der Waals surface area contributed by atoms with E-state index in [9.17, 15) is 4.79 Å². The molecule has 0 aromatic carbocycles. The van der Waals surface area contributed by atoms with Crippen LogP contribution in [0.3, 0.4) is 0 Å². The van der Waals surface area contributed by atoms with Crippen molar-refractivity contribution in [2.75, 3.05) is 0 Å². The first-order chi connectivity index (χ1) is 11.7. The number of aromatic nitrogens is 2. The number of thiophene rings is 1. The van der Waals surface area contributed by atoms with Gasteiger partial charge in [-0.2, -0.15) is 5.10 Å². The minimum atomic E-state index is -0.166. The number of carbonyl (C=O) groups excluding carboxylic acids is 1. The second kappa shape index (κ2) is 7.27. The first kappa shape index (κ1) is 16.2. The molecule has 0 spiro atoms. The summed E-state index contributed by atoms with van der Waals surface area (Å²) in [5.41, 5.74) is 2.43. The van der Waals surface area contributed by atoms with Crippen molar-refractivity contribution in [2.45, 2.75) is 26.9 Å². The molecule has 0 aliphatic carbocycles. The van der Waals surface area contributed by atoms with E-state index in [0.29, 0.717) is 22.9 Å². The molecule has 0 saturated carbocycles. The lowest BCUT2D eigenvalue weighted by molar-refractivity contribution is 0.0949. The topological polar surface area (TPSA) is 72.4 Å². The van der Waals surface area contributed by atoms with Gasteiger partial charge in [0.1, 0.15) is 10.8 Å². The lowest BCUT2D eigenvalue weighted by Gasteiger charge is -2.02. The van der Waals surface area contributed by atoms with Crippen LogP contribution in [-0.2, 0) is 13.1 Å². The Bertz CT molecular complexity index is 846. The summed E-state index contributed by atoms with van der Waals surface area (Å²) in [6.07, 6.45) is 5.29. The molecule has 1 N–H and O–H groups in total. The van der Waals surface area contributed by atoms with Crippen LogP contribution in [0, 0.1) is 6.92 Å². The Balaban J connectivity index is 1.71. The van der Waals surface area contributed by atoms with Crippen molar-refractivity contribution in [2.24, 2.45) is 4.99 Å². The molecule has 0 unspecified atom stereocenters. The maximum atomic E-state index is 12.3. The summed E-state index contributed by atoms with van der Waals surface area (Å²) in [5.74, 6) is 0.548. The second-order valence-electron chi connectivity index (χ2n) is 5.19. The average molecular weight is 342 g/mol. The third kappa shape index (κ3) is 3.62. The number of hydrogen-bond acceptors (Lipinski definition) is 5. The van der Waals surface area contributed by atoms with E-state index >= 15 is 0 Å². The Kier molecular flexibility index (Phi) is 4.90. The molecule has 0 aliphatic rings. The predicted octanol–water partition coefficient (Wildman–Crippen LogP) is 3.55. The van der Waals surface area contributed by atoms with Crippen LogP contribution in [-0.4, -0.2) is 21.9 Å². The van der Waals surface area contributed by atoms with Gasteiger partial charge in [0, 0.05) is 24.5 Å². The largest absolute Gasteiger partial charge is 0.467 e. The molecule has 3 aromatic heterocycles. The molecule has 3 rings (SSSR count). The number of nitrogens with one attached hydrogen (secondary N) is 1. The zero-order chi connectivity index (χ0) is 16.9.